The second-order valence-electron chi connectivity index (χ2n) is 5.38. The summed E-state index contributed by atoms with van der Waals surface area (Å²) in [4.78, 5) is 38.2. The SMILES string of the molecule is C=C(C(=O)OC)[C@]1([C@@H]2C=CC(=O)O2)C(=O)N(C)c2ccccc21. The van der Waals surface area contributed by atoms with E-state index in [1.54, 1.807) is 31.3 Å². The number of ether oxygens (including phenoxy) is 2. The molecule has 118 valence electrons. The van der Waals surface area contributed by atoms with Crippen LogP contribution in [0.2, 0.25) is 0 Å². The van der Waals surface area contributed by atoms with E-state index in [1.165, 1.54) is 24.2 Å². The van der Waals surface area contributed by atoms with Crippen LogP contribution in [0.4, 0.5) is 5.69 Å². The minimum atomic E-state index is -1.51. The highest BCUT2D eigenvalue weighted by Gasteiger charge is 2.60. The number of carbonyl (C=O) groups excluding carboxylic acids is 3. The molecule has 1 aromatic carbocycles. The van der Waals surface area contributed by atoms with Gasteiger partial charge in [-0.15, -0.1) is 0 Å². The van der Waals surface area contributed by atoms with Crippen LogP contribution in [0.15, 0.2) is 48.6 Å². The zero-order valence-electron chi connectivity index (χ0n) is 12.7. The molecule has 3 rings (SSSR count). The summed E-state index contributed by atoms with van der Waals surface area (Å²) in [5.74, 6) is -1.68. The third kappa shape index (κ3) is 1.84. The van der Waals surface area contributed by atoms with E-state index in [0.717, 1.165) is 0 Å². The first-order valence-corrected chi connectivity index (χ1v) is 6.98. The maximum absolute atomic E-state index is 13.1. The number of esters is 2. The largest absolute Gasteiger partial charge is 0.466 e. The van der Waals surface area contributed by atoms with Gasteiger partial charge in [-0.2, -0.15) is 0 Å². The van der Waals surface area contributed by atoms with Gasteiger partial charge in [0, 0.05) is 24.4 Å². The average molecular weight is 313 g/mol. The molecule has 6 nitrogen and oxygen atoms in total. The topological polar surface area (TPSA) is 72.9 Å². The molecule has 0 N–H and O–H groups in total. The van der Waals surface area contributed by atoms with Gasteiger partial charge in [0.05, 0.1) is 12.7 Å². The predicted molar refractivity (Wildman–Crippen MR) is 81.7 cm³/mol. The molecule has 0 fully saturated rings. The van der Waals surface area contributed by atoms with Crippen molar-refractivity contribution < 1.29 is 23.9 Å². The Bertz CT molecular complexity index is 766. The molecule has 2 atom stereocenters. The Hall–Kier alpha value is -2.89. The molecule has 0 saturated heterocycles. The van der Waals surface area contributed by atoms with E-state index in [-0.39, 0.29) is 5.57 Å². The highest BCUT2D eigenvalue weighted by molar-refractivity contribution is 6.16. The molecule has 0 radical (unpaired) electrons. The number of amides is 1. The Balaban J connectivity index is 2.27. The standard InChI is InChI=1S/C17H15NO5/c1-10(15(20)22-3)17(13-8-9-14(19)23-13)11-6-4-5-7-12(11)18(2)16(17)21/h4-9,13H,1H2,2-3H3/t13-,17-/m0/s1. The number of hydrogen-bond donors (Lipinski definition) is 0. The maximum atomic E-state index is 13.1. The number of likely N-dealkylation sites (N-methyl/N-ethyl adjacent to an activating group) is 1. The molecule has 0 unspecified atom stereocenters. The van der Waals surface area contributed by atoms with Crippen molar-refractivity contribution in [3.63, 3.8) is 0 Å². The third-order valence-electron chi connectivity index (χ3n) is 4.32. The molecule has 0 aromatic heterocycles. The molecule has 1 amide bonds. The van der Waals surface area contributed by atoms with E-state index in [9.17, 15) is 14.4 Å². The smallest absolute Gasteiger partial charge is 0.334 e. The van der Waals surface area contributed by atoms with E-state index < -0.39 is 29.4 Å². The summed E-state index contributed by atoms with van der Waals surface area (Å²) >= 11 is 0. The molecule has 23 heavy (non-hydrogen) atoms. The normalized spacial score (nSPS) is 25.3. The first-order valence-electron chi connectivity index (χ1n) is 6.98. The van der Waals surface area contributed by atoms with Gasteiger partial charge in [-0.05, 0) is 12.1 Å². The number of benzene rings is 1. The molecule has 0 saturated carbocycles. The van der Waals surface area contributed by atoms with Gasteiger partial charge in [0.1, 0.15) is 11.5 Å². The zero-order chi connectivity index (χ0) is 16.8. The fourth-order valence-electron chi connectivity index (χ4n) is 3.21. The van der Waals surface area contributed by atoms with Gasteiger partial charge in [0.25, 0.3) is 0 Å². The first-order chi connectivity index (χ1) is 10.9. The van der Waals surface area contributed by atoms with Gasteiger partial charge in [0.2, 0.25) is 5.91 Å². The van der Waals surface area contributed by atoms with Gasteiger partial charge in [0.15, 0.2) is 0 Å². The van der Waals surface area contributed by atoms with Crippen molar-refractivity contribution in [2.24, 2.45) is 0 Å². The Morgan fingerprint density at radius 3 is 2.65 bits per heavy atom. The number of hydrogen-bond acceptors (Lipinski definition) is 5. The highest BCUT2D eigenvalue weighted by Crippen LogP contribution is 2.49. The van der Waals surface area contributed by atoms with Crippen LogP contribution in [0.3, 0.4) is 0 Å². The summed E-state index contributed by atoms with van der Waals surface area (Å²) in [5.41, 5.74) is -0.376. The van der Waals surface area contributed by atoms with Crippen molar-refractivity contribution in [3.05, 3.63) is 54.1 Å². The molecular weight excluding hydrogens is 298 g/mol. The number of rotatable bonds is 3. The second-order valence-corrected chi connectivity index (χ2v) is 5.38. The van der Waals surface area contributed by atoms with Crippen molar-refractivity contribution >= 4 is 23.5 Å². The number of nitrogens with zero attached hydrogens (tertiary/aromatic N) is 1. The summed E-state index contributed by atoms with van der Waals surface area (Å²) in [6, 6.07) is 7.03. The Labute approximate surface area is 133 Å². The average Bonchev–Trinajstić information content (AvgIpc) is 3.08. The lowest BCUT2D eigenvalue weighted by Crippen LogP contribution is -2.50. The van der Waals surface area contributed by atoms with Gasteiger partial charge >= 0.3 is 11.9 Å². The van der Waals surface area contributed by atoms with Crippen molar-refractivity contribution in [2.45, 2.75) is 11.5 Å². The van der Waals surface area contributed by atoms with Crippen LogP contribution in [0, 0.1) is 0 Å². The minimum Gasteiger partial charge on any atom is -0.466 e. The molecule has 2 aliphatic heterocycles. The van der Waals surface area contributed by atoms with Crippen LogP contribution in [0.25, 0.3) is 0 Å². The number of fused-ring (bicyclic) bond motifs is 1. The molecule has 0 aliphatic carbocycles. The summed E-state index contributed by atoms with van der Waals surface area (Å²) in [7, 11) is 2.82. The monoisotopic (exact) mass is 313 g/mol. The van der Waals surface area contributed by atoms with E-state index in [4.69, 9.17) is 9.47 Å². The van der Waals surface area contributed by atoms with Gasteiger partial charge in [-0.3, -0.25) is 4.79 Å². The van der Waals surface area contributed by atoms with E-state index in [0.29, 0.717) is 11.3 Å². The fraction of sp³-hybridized carbons (Fsp3) is 0.235. The van der Waals surface area contributed by atoms with Crippen LogP contribution in [-0.2, 0) is 29.3 Å². The fourth-order valence-corrected chi connectivity index (χ4v) is 3.21. The van der Waals surface area contributed by atoms with Crippen LogP contribution < -0.4 is 4.90 Å². The van der Waals surface area contributed by atoms with Crippen LogP contribution in [0.1, 0.15) is 5.56 Å². The van der Waals surface area contributed by atoms with Crippen molar-refractivity contribution in [1.82, 2.24) is 0 Å². The van der Waals surface area contributed by atoms with Crippen LogP contribution >= 0.6 is 0 Å². The molecule has 2 aliphatic rings. The quantitative estimate of drug-likeness (QED) is 0.617. The third-order valence-corrected chi connectivity index (χ3v) is 4.32. The lowest BCUT2D eigenvalue weighted by Gasteiger charge is -2.32. The van der Waals surface area contributed by atoms with Crippen molar-refractivity contribution in [1.29, 1.82) is 0 Å². The molecule has 1 aromatic rings. The van der Waals surface area contributed by atoms with E-state index in [1.807, 2.05) is 0 Å². The Morgan fingerprint density at radius 1 is 1.35 bits per heavy atom. The zero-order valence-corrected chi connectivity index (χ0v) is 12.7. The Morgan fingerprint density at radius 2 is 2.04 bits per heavy atom. The molecule has 6 heteroatoms. The van der Waals surface area contributed by atoms with Gasteiger partial charge in [-0.1, -0.05) is 24.8 Å². The maximum Gasteiger partial charge on any atom is 0.334 e. The van der Waals surface area contributed by atoms with E-state index in [2.05, 4.69) is 6.58 Å². The number of anilines is 1. The summed E-state index contributed by atoms with van der Waals surface area (Å²) in [6.07, 6.45) is 1.77. The number of para-hydroxylation sites is 1. The second kappa shape index (κ2) is 5.08. The highest BCUT2D eigenvalue weighted by atomic mass is 16.5. The predicted octanol–water partition coefficient (Wildman–Crippen LogP) is 1.11. The molecule has 0 bridgehead atoms. The summed E-state index contributed by atoms with van der Waals surface area (Å²) in [6.45, 7) is 3.79. The van der Waals surface area contributed by atoms with Gasteiger partial charge in [-0.25, -0.2) is 9.59 Å². The number of carbonyl (C=O) groups is 3. The van der Waals surface area contributed by atoms with Crippen LogP contribution in [0.5, 0.6) is 0 Å². The van der Waals surface area contributed by atoms with Crippen molar-refractivity contribution in [2.75, 3.05) is 19.1 Å². The van der Waals surface area contributed by atoms with Gasteiger partial charge < -0.3 is 14.4 Å². The molecule has 2 heterocycles. The van der Waals surface area contributed by atoms with E-state index >= 15 is 0 Å². The summed E-state index contributed by atoms with van der Waals surface area (Å²) in [5, 5.41) is 0. The molecule has 0 spiro atoms. The molecular formula is C17H15NO5. The number of cyclic esters (lactones) is 1. The summed E-state index contributed by atoms with van der Waals surface area (Å²) < 4.78 is 10.0. The first kappa shape index (κ1) is 15.0. The lowest BCUT2D eigenvalue weighted by atomic mass is 9.71. The van der Waals surface area contributed by atoms with Crippen molar-refractivity contribution in [3.8, 4) is 0 Å². The lowest BCUT2D eigenvalue weighted by molar-refractivity contribution is -0.146. The Kier molecular flexibility index (Phi) is 3.32. The minimum absolute atomic E-state index is 0.0637. The van der Waals surface area contributed by atoms with Crippen LogP contribution in [-0.4, -0.2) is 38.1 Å². The number of methoxy groups -OCH3 is 1.